The van der Waals surface area contributed by atoms with Gasteiger partial charge in [-0.05, 0) is 19.1 Å². The fraction of sp³-hybridized carbons (Fsp3) is 0.0909. The van der Waals surface area contributed by atoms with E-state index < -0.39 is 0 Å². The summed E-state index contributed by atoms with van der Waals surface area (Å²) in [4.78, 5) is 17.3. The van der Waals surface area contributed by atoms with Crippen molar-refractivity contribution in [2.75, 3.05) is 5.32 Å². The molecule has 102 valence electrons. The smallest absolute Gasteiger partial charge is 0.276 e. The van der Waals surface area contributed by atoms with Crippen molar-refractivity contribution in [1.82, 2.24) is 15.2 Å². The van der Waals surface area contributed by atoms with Crippen LogP contribution in [0.15, 0.2) is 17.5 Å². The van der Waals surface area contributed by atoms with E-state index in [1.54, 1.807) is 5.38 Å². The Labute approximate surface area is 131 Å². The second-order valence-corrected chi connectivity index (χ2v) is 7.48. The minimum Gasteiger partial charge on any atom is -0.295 e. The normalized spacial score (nSPS) is 10.7. The van der Waals surface area contributed by atoms with Crippen LogP contribution in [0.2, 0.25) is 4.34 Å². The number of halogens is 1. The van der Waals surface area contributed by atoms with Crippen molar-refractivity contribution >= 4 is 56.7 Å². The predicted molar refractivity (Wildman–Crippen MR) is 83.0 cm³/mol. The molecule has 9 heteroatoms. The molecule has 0 radical (unpaired) electrons. The van der Waals surface area contributed by atoms with Gasteiger partial charge in [0, 0.05) is 5.38 Å². The van der Waals surface area contributed by atoms with Crippen LogP contribution in [0.3, 0.4) is 0 Å². The summed E-state index contributed by atoms with van der Waals surface area (Å²) in [6.07, 6.45) is 0. The maximum Gasteiger partial charge on any atom is 0.276 e. The van der Waals surface area contributed by atoms with Crippen LogP contribution in [0.25, 0.3) is 9.88 Å². The van der Waals surface area contributed by atoms with Crippen molar-refractivity contribution in [3.8, 4) is 9.88 Å². The largest absolute Gasteiger partial charge is 0.295 e. The third kappa shape index (κ3) is 2.88. The molecule has 0 atom stereocenters. The summed E-state index contributed by atoms with van der Waals surface area (Å²) < 4.78 is 0.700. The second-order valence-electron chi connectivity index (χ2n) is 3.72. The highest BCUT2D eigenvalue weighted by molar-refractivity contribution is 7.23. The summed E-state index contributed by atoms with van der Waals surface area (Å²) in [7, 11) is 0. The molecule has 3 aromatic heterocycles. The molecule has 0 saturated heterocycles. The standard InChI is InChI=1S/C11H7ClN4OS3/c1-5-15-16-11(19-5)14-9(17)6-4-18-10(13-6)7-2-3-8(12)20-7/h2-4H,1H3,(H,14,16,17). The zero-order valence-electron chi connectivity index (χ0n) is 10.1. The number of nitrogens with zero attached hydrogens (tertiary/aromatic N) is 3. The van der Waals surface area contributed by atoms with Crippen LogP contribution in [0, 0.1) is 6.92 Å². The average Bonchev–Trinajstić information content (AvgIpc) is 3.10. The number of carbonyl (C=O) groups is 1. The van der Waals surface area contributed by atoms with Crippen molar-refractivity contribution in [1.29, 1.82) is 0 Å². The van der Waals surface area contributed by atoms with Gasteiger partial charge in [-0.3, -0.25) is 10.1 Å². The maximum atomic E-state index is 12.0. The van der Waals surface area contributed by atoms with Gasteiger partial charge in [-0.25, -0.2) is 4.98 Å². The van der Waals surface area contributed by atoms with Gasteiger partial charge < -0.3 is 0 Å². The summed E-state index contributed by atoms with van der Waals surface area (Å²) in [6.45, 7) is 1.83. The Balaban J connectivity index is 1.78. The Morgan fingerprint density at radius 2 is 2.15 bits per heavy atom. The Bertz CT molecular complexity index is 763. The fourth-order valence-corrected chi connectivity index (χ4v) is 3.93. The highest BCUT2D eigenvalue weighted by atomic mass is 35.5. The maximum absolute atomic E-state index is 12.0. The molecule has 1 amide bonds. The molecule has 1 N–H and O–H groups in total. The van der Waals surface area contributed by atoms with Crippen molar-refractivity contribution in [2.24, 2.45) is 0 Å². The lowest BCUT2D eigenvalue weighted by Crippen LogP contribution is -2.12. The summed E-state index contributed by atoms with van der Waals surface area (Å²) in [5, 5.41) is 14.1. The SMILES string of the molecule is Cc1nnc(NC(=O)c2csc(-c3ccc(Cl)s3)n2)s1. The predicted octanol–water partition coefficient (Wildman–Crippen LogP) is 3.94. The van der Waals surface area contributed by atoms with E-state index in [-0.39, 0.29) is 5.91 Å². The summed E-state index contributed by atoms with van der Waals surface area (Å²) in [5.41, 5.74) is 0.363. The van der Waals surface area contributed by atoms with Gasteiger partial charge in [-0.1, -0.05) is 22.9 Å². The van der Waals surface area contributed by atoms with Crippen LogP contribution < -0.4 is 5.32 Å². The molecule has 0 unspecified atom stereocenters. The molecule has 0 aromatic carbocycles. The number of thiazole rings is 1. The van der Waals surface area contributed by atoms with E-state index in [9.17, 15) is 4.79 Å². The molecule has 5 nitrogen and oxygen atoms in total. The van der Waals surface area contributed by atoms with Crippen molar-refractivity contribution < 1.29 is 4.79 Å². The molecule has 0 aliphatic rings. The quantitative estimate of drug-likeness (QED) is 0.782. The summed E-state index contributed by atoms with van der Waals surface area (Å²) in [5.74, 6) is -0.286. The zero-order chi connectivity index (χ0) is 14.1. The minimum atomic E-state index is -0.286. The summed E-state index contributed by atoms with van der Waals surface area (Å²) in [6, 6.07) is 3.70. The van der Waals surface area contributed by atoms with Gasteiger partial charge in [-0.15, -0.1) is 32.9 Å². The molecule has 0 saturated carbocycles. The van der Waals surface area contributed by atoms with Crippen molar-refractivity contribution in [2.45, 2.75) is 6.92 Å². The van der Waals surface area contributed by atoms with Gasteiger partial charge in [0.05, 0.1) is 9.21 Å². The Hall–Kier alpha value is -1.35. The van der Waals surface area contributed by atoms with Gasteiger partial charge in [0.15, 0.2) is 0 Å². The topological polar surface area (TPSA) is 67.8 Å². The van der Waals surface area contributed by atoms with E-state index in [4.69, 9.17) is 11.6 Å². The average molecular weight is 343 g/mol. The van der Waals surface area contributed by atoms with Crippen LogP contribution >= 0.6 is 45.6 Å². The fourth-order valence-electron chi connectivity index (χ4n) is 1.43. The van der Waals surface area contributed by atoms with Gasteiger partial charge in [-0.2, -0.15) is 0 Å². The van der Waals surface area contributed by atoms with Crippen LogP contribution in [-0.2, 0) is 0 Å². The van der Waals surface area contributed by atoms with Crippen molar-refractivity contribution in [3.63, 3.8) is 0 Å². The number of nitrogens with one attached hydrogen (secondary N) is 1. The van der Waals surface area contributed by atoms with Crippen molar-refractivity contribution in [3.05, 3.63) is 32.6 Å². The van der Waals surface area contributed by atoms with E-state index in [1.165, 1.54) is 34.0 Å². The third-order valence-corrected chi connectivity index (χ3v) is 5.26. The van der Waals surface area contributed by atoms with Crippen LogP contribution in [0.1, 0.15) is 15.5 Å². The van der Waals surface area contributed by atoms with E-state index in [0.717, 1.165) is 14.9 Å². The molecule has 0 aliphatic heterocycles. The van der Waals surface area contributed by atoms with Crippen LogP contribution in [-0.4, -0.2) is 21.1 Å². The van der Waals surface area contributed by atoms with Gasteiger partial charge >= 0.3 is 0 Å². The highest BCUT2D eigenvalue weighted by Crippen LogP contribution is 2.33. The molecule has 20 heavy (non-hydrogen) atoms. The first-order valence-corrected chi connectivity index (χ1v) is 8.33. The number of thiophene rings is 1. The zero-order valence-corrected chi connectivity index (χ0v) is 13.3. The number of aryl methyl sites for hydroxylation is 1. The molecular formula is C11H7ClN4OS3. The first-order valence-electron chi connectivity index (χ1n) is 5.44. The third-order valence-electron chi connectivity index (χ3n) is 2.27. The number of amides is 1. The van der Waals surface area contributed by atoms with E-state index >= 15 is 0 Å². The molecule has 3 rings (SSSR count). The minimum absolute atomic E-state index is 0.286. The summed E-state index contributed by atoms with van der Waals surface area (Å²) >= 11 is 10.1. The number of hydrogen-bond donors (Lipinski definition) is 1. The Kier molecular flexibility index (Phi) is 3.79. The van der Waals surface area contributed by atoms with E-state index in [2.05, 4.69) is 20.5 Å². The monoisotopic (exact) mass is 342 g/mol. The number of anilines is 1. The Morgan fingerprint density at radius 1 is 1.30 bits per heavy atom. The molecule has 0 aliphatic carbocycles. The van der Waals surface area contributed by atoms with E-state index in [0.29, 0.717) is 15.2 Å². The van der Waals surface area contributed by atoms with E-state index in [1.807, 2.05) is 19.1 Å². The van der Waals surface area contributed by atoms with Gasteiger partial charge in [0.25, 0.3) is 5.91 Å². The van der Waals surface area contributed by atoms with Crippen LogP contribution in [0.4, 0.5) is 5.13 Å². The number of rotatable bonds is 3. The number of carbonyl (C=O) groups excluding carboxylic acids is 1. The molecule has 3 heterocycles. The van der Waals surface area contributed by atoms with Gasteiger partial charge in [0.2, 0.25) is 5.13 Å². The first kappa shape index (κ1) is 13.6. The Morgan fingerprint density at radius 3 is 2.80 bits per heavy atom. The molecule has 0 fully saturated rings. The second kappa shape index (κ2) is 5.57. The lowest BCUT2D eigenvalue weighted by Gasteiger charge is -1.95. The number of hydrogen-bond acceptors (Lipinski definition) is 7. The highest BCUT2D eigenvalue weighted by Gasteiger charge is 2.14. The molecule has 0 spiro atoms. The molecule has 3 aromatic rings. The lowest BCUT2D eigenvalue weighted by molar-refractivity contribution is 0.102. The van der Waals surface area contributed by atoms with Gasteiger partial charge in [0.1, 0.15) is 15.7 Å². The lowest BCUT2D eigenvalue weighted by atomic mass is 10.4. The molecule has 0 bridgehead atoms. The molecular weight excluding hydrogens is 336 g/mol. The first-order chi connectivity index (χ1) is 9.61. The number of aromatic nitrogens is 3. The van der Waals surface area contributed by atoms with Crippen LogP contribution in [0.5, 0.6) is 0 Å².